The monoisotopic (exact) mass is 582 g/mol. The van der Waals surface area contributed by atoms with E-state index in [1.807, 2.05) is 13.8 Å². The number of carbonyl (C=O) groups excluding carboxylic acids is 2. The molecule has 40 heavy (non-hydrogen) atoms. The van der Waals surface area contributed by atoms with Crippen LogP contribution in [0.1, 0.15) is 60.2 Å². The van der Waals surface area contributed by atoms with Gasteiger partial charge in [-0.25, -0.2) is 9.37 Å². The largest absolute Gasteiger partial charge is 0.466 e. The molecule has 0 aliphatic carbocycles. The summed E-state index contributed by atoms with van der Waals surface area (Å²) in [4.78, 5) is 47.7. The normalized spacial score (nSPS) is 14.6. The number of aromatic amines is 1. The summed E-state index contributed by atoms with van der Waals surface area (Å²) in [5, 5.41) is 0.374. The van der Waals surface area contributed by atoms with E-state index in [1.165, 1.54) is 23.2 Å². The van der Waals surface area contributed by atoms with Crippen molar-refractivity contribution in [3.05, 3.63) is 103 Å². The van der Waals surface area contributed by atoms with Crippen molar-refractivity contribution in [1.29, 1.82) is 0 Å². The van der Waals surface area contributed by atoms with E-state index < -0.39 is 29.3 Å². The van der Waals surface area contributed by atoms with Crippen LogP contribution in [0.5, 0.6) is 0 Å². The average molecular weight is 583 g/mol. The Labute approximate surface area is 239 Å². The van der Waals surface area contributed by atoms with E-state index in [9.17, 15) is 14.4 Å². The number of imidazole rings is 1. The number of pyridine rings is 1. The Morgan fingerprint density at radius 3 is 2.55 bits per heavy atom. The van der Waals surface area contributed by atoms with Gasteiger partial charge in [-0.15, -0.1) is 0 Å². The summed E-state index contributed by atoms with van der Waals surface area (Å²) in [5.41, 5.74) is 1.51. The van der Waals surface area contributed by atoms with Gasteiger partial charge in [0.15, 0.2) is 11.5 Å². The third-order valence-corrected chi connectivity index (χ3v) is 7.18. The summed E-state index contributed by atoms with van der Waals surface area (Å²) >= 11 is 12.2. The first-order valence-corrected chi connectivity index (χ1v) is 13.4. The molecule has 1 aliphatic heterocycles. The number of rotatable bonds is 7. The lowest BCUT2D eigenvalue weighted by Gasteiger charge is -2.28. The second kappa shape index (κ2) is 10.9. The summed E-state index contributed by atoms with van der Waals surface area (Å²) in [7, 11) is 0. The third kappa shape index (κ3) is 4.80. The van der Waals surface area contributed by atoms with Crippen LogP contribution in [0.15, 0.2) is 59.5 Å². The van der Waals surface area contributed by atoms with Crippen LogP contribution < -0.4 is 10.5 Å². The molecular formula is C29H25Cl2FN4O4. The molecule has 0 spiro atoms. The maximum absolute atomic E-state index is 15.3. The number of ether oxygens (including phenoxy) is 1. The van der Waals surface area contributed by atoms with Crippen LogP contribution in [-0.4, -0.2) is 33.0 Å². The first-order chi connectivity index (χ1) is 19.1. The zero-order chi connectivity index (χ0) is 28.7. The predicted molar refractivity (Wildman–Crippen MR) is 151 cm³/mol. The van der Waals surface area contributed by atoms with Gasteiger partial charge < -0.3 is 14.3 Å². The minimum absolute atomic E-state index is 0.00147. The van der Waals surface area contributed by atoms with Crippen molar-refractivity contribution < 1.29 is 18.7 Å². The number of hydrogen-bond donors (Lipinski definition) is 1. The van der Waals surface area contributed by atoms with E-state index in [-0.39, 0.29) is 46.9 Å². The van der Waals surface area contributed by atoms with Crippen molar-refractivity contribution in [2.24, 2.45) is 0 Å². The molecule has 0 radical (unpaired) electrons. The maximum Gasteiger partial charge on any atom is 0.310 e. The SMILES string of the molecule is CCOC(=O)Cc1c[nH]c(=O)c(-c2nc3c(n2C(C)C)C(c2ccc(Cl)cc2)N(c2cccc(Cl)c2F)C3=O)c1. The zero-order valence-electron chi connectivity index (χ0n) is 21.9. The molecule has 0 saturated carbocycles. The number of H-pyrrole nitrogens is 1. The fraction of sp³-hybridized carbons (Fsp3) is 0.241. The Kier molecular flexibility index (Phi) is 7.53. The molecule has 2 aromatic heterocycles. The van der Waals surface area contributed by atoms with Crippen LogP contribution in [0.2, 0.25) is 10.0 Å². The Morgan fingerprint density at radius 1 is 1.15 bits per heavy atom. The number of carbonyl (C=O) groups is 2. The van der Waals surface area contributed by atoms with Gasteiger partial charge in [-0.2, -0.15) is 0 Å². The molecule has 0 fully saturated rings. The van der Waals surface area contributed by atoms with Gasteiger partial charge in [-0.3, -0.25) is 19.3 Å². The summed E-state index contributed by atoms with van der Waals surface area (Å²) < 4.78 is 22.2. The number of nitrogens with one attached hydrogen (secondary N) is 1. The number of amides is 1. The molecule has 0 saturated heterocycles. The number of benzene rings is 2. The van der Waals surface area contributed by atoms with Crippen molar-refractivity contribution in [1.82, 2.24) is 14.5 Å². The minimum atomic E-state index is -0.793. The van der Waals surface area contributed by atoms with Crippen molar-refractivity contribution in [3.8, 4) is 11.4 Å². The molecule has 1 aliphatic rings. The van der Waals surface area contributed by atoms with Crippen molar-refractivity contribution in [2.45, 2.75) is 39.3 Å². The smallest absolute Gasteiger partial charge is 0.310 e. The Bertz CT molecular complexity index is 1680. The summed E-state index contributed by atoms with van der Waals surface area (Å²) in [6.07, 6.45) is 1.40. The number of halogens is 3. The molecule has 206 valence electrons. The van der Waals surface area contributed by atoms with E-state index in [0.717, 1.165) is 0 Å². The molecule has 0 bridgehead atoms. The molecule has 1 N–H and O–H groups in total. The number of fused-ring (bicyclic) bond motifs is 1. The van der Waals surface area contributed by atoms with E-state index >= 15 is 4.39 Å². The number of esters is 1. The predicted octanol–water partition coefficient (Wildman–Crippen LogP) is 6.12. The van der Waals surface area contributed by atoms with Gasteiger partial charge in [-0.1, -0.05) is 41.4 Å². The van der Waals surface area contributed by atoms with E-state index in [0.29, 0.717) is 21.8 Å². The molecule has 11 heteroatoms. The van der Waals surface area contributed by atoms with Gasteiger partial charge in [-0.05, 0) is 62.2 Å². The number of anilines is 1. The van der Waals surface area contributed by atoms with Gasteiger partial charge in [0.25, 0.3) is 11.5 Å². The lowest BCUT2D eigenvalue weighted by molar-refractivity contribution is -0.142. The topological polar surface area (TPSA) is 97.3 Å². The number of hydrogen-bond acceptors (Lipinski definition) is 5. The fourth-order valence-corrected chi connectivity index (χ4v) is 5.28. The van der Waals surface area contributed by atoms with Crippen LogP contribution in [0.25, 0.3) is 11.4 Å². The van der Waals surface area contributed by atoms with Crippen molar-refractivity contribution >= 4 is 40.8 Å². The molecule has 8 nitrogen and oxygen atoms in total. The van der Waals surface area contributed by atoms with E-state index in [4.69, 9.17) is 27.9 Å². The second-order valence-corrected chi connectivity index (χ2v) is 10.4. The minimum Gasteiger partial charge on any atom is -0.466 e. The Balaban J connectivity index is 1.73. The highest BCUT2D eigenvalue weighted by molar-refractivity contribution is 6.31. The van der Waals surface area contributed by atoms with E-state index in [2.05, 4.69) is 9.97 Å². The van der Waals surface area contributed by atoms with Crippen LogP contribution in [0.3, 0.4) is 0 Å². The number of aromatic nitrogens is 3. The number of nitrogens with zero attached hydrogens (tertiary/aromatic N) is 3. The molecular weight excluding hydrogens is 558 g/mol. The van der Waals surface area contributed by atoms with E-state index in [1.54, 1.807) is 47.9 Å². The van der Waals surface area contributed by atoms with Crippen LogP contribution in [-0.2, 0) is 16.0 Å². The zero-order valence-corrected chi connectivity index (χ0v) is 23.4. The summed E-state index contributed by atoms with van der Waals surface area (Å²) in [6.45, 7) is 5.74. The molecule has 2 aromatic carbocycles. The van der Waals surface area contributed by atoms with Gasteiger partial charge in [0.1, 0.15) is 11.9 Å². The molecule has 1 unspecified atom stereocenters. The highest BCUT2D eigenvalue weighted by atomic mass is 35.5. The third-order valence-electron chi connectivity index (χ3n) is 6.64. The first kappa shape index (κ1) is 27.6. The fourth-order valence-electron chi connectivity index (χ4n) is 4.98. The second-order valence-electron chi connectivity index (χ2n) is 9.57. The van der Waals surface area contributed by atoms with Gasteiger partial charge >= 0.3 is 5.97 Å². The lowest BCUT2D eigenvalue weighted by Crippen LogP contribution is -2.31. The molecule has 5 rings (SSSR count). The van der Waals surface area contributed by atoms with Gasteiger partial charge in [0.05, 0.1) is 35.0 Å². The molecule has 1 amide bonds. The average Bonchev–Trinajstić information content (AvgIpc) is 3.43. The quantitative estimate of drug-likeness (QED) is 0.265. The molecule has 4 aromatic rings. The van der Waals surface area contributed by atoms with Crippen LogP contribution in [0.4, 0.5) is 10.1 Å². The summed E-state index contributed by atoms with van der Waals surface area (Å²) in [5.74, 6) is -1.46. The van der Waals surface area contributed by atoms with Gasteiger partial charge in [0, 0.05) is 17.3 Å². The molecule has 1 atom stereocenters. The first-order valence-electron chi connectivity index (χ1n) is 12.6. The maximum atomic E-state index is 15.3. The Morgan fingerprint density at radius 2 is 1.88 bits per heavy atom. The standard InChI is InChI=1S/C29H25Cl2FN4O4/c1-4-40-22(37)13-16-12-19(28(38)33-14-16)27-34-24-26(35(27)15(2)3)25(17-8-10-18(30)11-9-17)36(29(24)39)21-7-5-6-20(31)23(21)32/h5-12,14-15,25H,4,13H2,1-3H3,(H,33,38). The van der Waals surface area contributed by atoms with Crippen molar-refractivity contribution in [2.75, 3.05) is 11.5 Å². The summed E-state index contributed by atoms with van der Waals surface area (Å²) in [6, 6.07) is 11.9. The van der Waals surface area contributed by atoms with Gasteiger partial charge in [0.2, 0.25) is 0 Å². The lowest BCUT2D eigenvalue weighted by atomic mass is 10.0. The Hall–Kier alpha value is -3.95. The molecule has 3 heterocycles. The highest BCUT2D eigenvalue weighted by Crippen LogP contribution is 2.45. The van der Waals surface area contributed by atoms with Crippen molar-refractivity contribution in [3.63, 3.8) is 0 Å². The van der Waals surface area contributed by atoms with Crippen LogP contribution in [0, 0.1) is 5.82 Å². The van der Waals surface area contributed by atoms with Crippen LogP contribution >= 0.6 is 23.2 Å². The highest BCUT2D eigenvalue weighted by Gasteiger charge is 2.45.